The number of carbonyl (C=O) groups excluding carboxylic acids is 1. The molecule has 8 nitrogen and oxygen atoms in total. The van der Waals surface area contributed by atoms with Gasteiger partial charge in [0.25, 0.3) is 11.8 Å². The Balaban J connectivity index is 2.10. The molecule has 0 spiro atoms. The summed E-state index contributed by atoms with van der Waals surface area (Å²) in [4.78, 5) is 13.2. The van der Waals surface area contributed by atoms with Crippen molar-refractivity contribution >= 4 is 21.3 Å². The molecule has 0 aliphatic heterocycles. The van der Waals surface area contributed by atoms with Gasteiger partial charge in [0.05, 0.1) is 16.3 Å². The number of hydrogen-bond donors (Lipinski definition) is 2. The zero-order valence-corrected chi connectivity index (χ0v) is 19.5. The van der Waals surface area contributed by atoms with Crippen molar-refractivity contribution < 1.29 is 36.0 Å². The van der Waals surface area contributed by atoms with E-state index in [0.717, 1.165) is 13.0 Å². The number of ether oxygens (including phenoxy) is 2. The number of rotatable bonds is 7. The van der Waals surface area contributed by atoms with E-state index in [1.807, 2.05) is 0 Å². The molecule has 35 heavy (non-hydrogen) atoms. The van der Waals surface area contributed by atoms with Gasteiger partial charge in [-0.3, -0.25) is 4.79 Å². The maximum Gasteiger partial charge on any atom is 0.435 e. The number of benzene rings is 2. The second-order valence-electron chi connectivity index (χ2n) is 7.28. The smallest absolute Gasteiger partial charge is 0.435 e. The van der Waals surface area contributed by atoms with Crippen molar-refractivity contribution in [3.63, 3.8) is 0 Å². The van der Waals surface area contributed by atoms with Crippen molar-refractivity contribution in [3.8, 4) is 17.4 Å². The first-order chi connectivity index (χ1) is 16.3. The van der Waals surface area contributed by atoms with E-state index in [4.69, 9.17) is 14.3 Å². The minimum absolute atomic E-state index is 0.0648. The fourth-order valence-corrected chi connectivity index (χ4v) is 3.77. The second kappa shape index (κ2) is 9.86. The second-order valence-corrected chi connectivity index (χ2v) is 9.44. The summed E-state index contributed by atoms with van der Waals surface area (Å²) in [6.07, 6.45) is -3.74. The summed E-state index contributed by atoms with van der Waals surface area (Å²) in [6, 6.07) is 9.19. The van der Waals surface area contributed by atoms with Crippen molar-refractivity contribution in [3.05, 3.63) is 65.1 Å². The van der Waals surface area contributed by atoms with Gasteiger partial charge in [-0.2, -0.15) is 13.2 Å². The largest absolute Gasteiger partial charge is 0.487 e. The molecule has 1 aromatic heterocycles. The van der Waals surface area contributed by atoms with E-state index >= 15 is 0 Å². The van der Waals surface area contributed by atoms with Gasteiger partial charge in [-0.1, -0.05) is 12.1 Å². The molecule has 3 aromatic rings. The van der Waals surface area contributed by atoms with Gasteiger partial charge in [0, 0.05) is 16.8 Å². The quantitative estimate of drug-likeness (QED) is 0.409. The molecule has 2 N–H and O–H groups in total. The molecule has 1 amide bonds. The minimum atomic E-state index is -4.92. The van der Waals surface area contributed by atoms with Crippen LogP contribution in [-0.4, -0.2) is 33.2 Å². The summed E-state index contributed by atoms with van der Waals surface area (Å²) in [6.45, 7) is 2.68. The van der Waals surface area contributed by atoms with Gasteiger partial charge in [0.1, 0.15) is 5.56 Å². The third-order valence-corrected chi connectivity index (χ3v) is 5.80. The number of para-hydroxylation sites is 1. The van der Waals surface area contributed by atoms with Crippen LogP contribution < -0.4 is 14.8 Å². The van der Waals surface area contributed by atoms with Crippen molar-refractivity contribution in [1.82, 2.24) is 10.2 Å². The van der Waals surface area contributed by atoms with Gasteiger partial charge < -0.3 is 14.8 Å². The Hall–Kier alpha value is -3.74. The van der Waals surface area contributed by atoms with Gasteiger partial charge in [-0.25, -0.2) is 13.4 Å². The Labute approximate surface area is 198 Å². The van der Waals surface area contributed by atoms with Crippen molar-refractivity contribution in [1.29, 1.82) is 4.78 Å². The average Bonchev–Trinajstić information content (AvgIpc) is 2.75. The van der Waals surface area contributed by atoms with E-state index in [0.29, 0.717) is 0 Å². The molecule has 0 fully saturated rings. The van der Waals surface area contributed by atoms with Crippen LogP contribution in [0.5, 0.6) is 17.4 Å². The van der Waals surface area contributed by atoms with E-state index in [1.165, 1.54) is 42.7 Å². The lowest BCUT2D eigenvalue weighted by Crippen LogP contribution is -2.21. The highest BCUT2D eigenvalue weighted by Gasteiger charge is 2.38. The zero-order valence-electron chi connectivity index (χ0n) is 18.7. The fourth-order valence-electron chi connectivity index (χ4n) is 3.08. The number of carbonyl (C=O) groups is 1. The predicted octanol–water partition coefficient (Wildman–Crippen LogP) is 5.42. The first-order valence-electron chi connectivity index (χ1n) is 10.0. The molecule has 0 aliphatic rings. The number of amides is 1. The summed E-state index contributed by atoms with van der Waals surface area (Å²) in [7, 11) is -3.12. The zero-order chi connectivity index (χ0) is 26.0. The fraction of sp³-hybridized carbons (Fsp3) is 0.227. The molecule has 2 aromatic carbocycles. The van der Waals surface area contributed by atoms with Crippen LogP contribution in [0, 0.1) is 17.5 Å². The molecule has 1 atom stereocenters. The maximum absolute atomic E-state index is 14.2. The highest BCUT2D eigenvalue weighted by atomic mass is 32.2. The first kappa shape index (κ1) is 25.9. The Morgan fingerprint density at radius 3 is 2.49 bits per heavy atom. The minimum Gasteiger partial charge on any atom is -0.487 e. The summed E-state index contributed by atoms with van der Waals surface area (Å²) < 4.78 is 85.1. The number of hydrogen-bond acceptors (Lipinski definition) is 7. The van der Waals surface area contributed by atoms with Crippen LogP contribution >= 0.6 is 0 Å². The lowest BCUT2D eigenvalue weighted by Gasteiger charge is -2.17. The Morgan fingerprint density at radius 1 is 1.17 bits per heavy atom. The number of aromatic nitrogens is 2. The summed E-state index contributed by atoms with van der Waals surface area (Å²) in [5.74, 6) is -2.99. The van der Waals surface area contributed by atoms with Gasteiger partial charge in [0.15, 0.2) is 23.0 Å². The summed E-state index contributed by atoms with van der Waals surface area (Å²) >= 11 is 0. The summed E-state index contributed by atoms with van der Waals surface area (Å²) in [5, 5.41) is 9.01. The van der Waals surface area contributed by atoms with Gasteiger partial charge >= 0.3 is 6.18 Å². The topological polar surface area (TPSA) is 114 Å². The molecule has 0 saturated heterocycles. The van der Waals surface area contributed by atoms with Gasteiger partial charge in [-0.15, -0.1) is 10.2 Å². The Morgan fingerprint density at radius 2 is 1.86 bits per heavy atom. The average molecular weight is 512 g/mol. The van der Waals surface area contributed by atoms with Crippen LogP contribution in [0.15, 0.2) is 47.4 Å². The Bertz CT molecular complexity index is 1380. The van der Waals surface area contributed by atoms with Gasteiger partial charge in [-0.05, 0) is 49.7 Å². The number of anilines is 1. The summed E-state index contributed by atoms with van der Waals surface area (Å²) in [5.41, 5.74) is -2.51. The lowest BCUT2D eigenvalue weighted by atomic mass is 10.1. The number of alkyl halides is 3. The SMILES string of the molecule is CCOc1c(F)cccc1Oc1nnc(C(F)(F)F)c(C)c1C(=O)Nc1cccc(S(C)(=N)=O)c1. The van der Waals surface area contributed by atoms with E-state index in [1.54, 1.807) is 6.92 Å². The molecule has 0 saturated carbocycles. The first-order valence-corrected chi connectivity index (χ1v) is 12.0. The van der Waals surface area contributed by atoms with Crippen LogP contribution in [0.4, 0.5) is 23.2 Å². The highest BCUT2D eigenvalue weighted by molar-refractivity contribution is 7.91. The predicted molar refractivity (Wildman–Crippen MR) is 119 cm³/mol. The van der Waals surface area contributed by atoms with Crippen LogP contribution in [0.25, 0.3) is 0 Å². The number of nitrogens with zero attached hydrogens (tertiary/aromatic N) is 2. The highest BCUT2D eigenvalue weighted by Crippen LogP contribution is 2.38. The molecular weight excluding hydrogens is 492 g/mol. The molecule has 0 radical (unpaired) electrons. The monoisotopic (exact) mass is 512 g/mol. The molecule has 0 aliphatic carbocycles. The molecule has 3 rings (SSSR count). The van der Waals surface area contributed by atoms with Crippen molar-refractivity contribution in [2.45, 2.75) is 24.9 Å². The van der Waals surface area contributed by atoms with E-state index in [9.17, 15) is 26.6 Å². The van der Waals surface area contributed by atoms with E-state index in [-0.39, 0.29) is 28.7 Å². The molecule has 1 unspecified atom stereocenters. The van der Waals surface area contributed by atoms with Crippen LogP contribution in [0.1, 0.15) is 28.5 Å². The van der Waals surface area contributed by atoms with Crippen LogP contribution in [0.2, 0.25) is 0 Å². The molecule has 0 bridgehead atoms. The van der Waals surface area contributed by atoms with Crippen molar-refractivity contribution in [2.24, 2.45) is 0 Å². The molecular formula is C22H20F4N4O4S. The Kier molecular flexibility index (Phi) is 7.29. The standard InChI is InChI=1S/C22H20F4N4O4S/c1-4-33-18-15(23)9-6-10-16(18)34-21-17(12(2)19(29-30-21)22(24,25)26)20(31)28-13-7-5-8-14(11-13)35(3,27)32/h5-11,27H,4H2,1-3H3,(H,28,31). The van der Waals surface area contributed by atoms with E-state index < -0.39 is 50.3 Å². The third-order valence-electron chi connectivity index (χ3n) is 4.65. The van der Waals surface area contributed by atoms with E-state index in [2.05, 4.69) is 15.5 Å². The van der Waals surface area contributed by atoms with Crippen LogP contribution in [0.3, 0.4) is 0 Å². The number of halogens is 4. The maximum atomic E-state index is 14.2. The molecule has 1 heterocycles. The van der Waals surface area contributed by atoms with Crippen molar-refractivity contribution in [2.75, 3.05) is 18.2 Å². The van der Waals surface area contributed by atoms with Gasteiger partial charge in [0.2, 0.25) is 0 Å². The lowest BCUT2D eigenvalue weighted by molar-refractivity contribution is -0.142. The number of nitrogens with one attached hydrogen (secondary N) is 2. The van der Waals surface area contributed by atoms with Crippen LogP contribution in [-0.2, 0) is 15.9 Å². The molecule has 186 valence electrons. The normalized spacial score (nSPS) is 13.1. The third kappa shape index (κ3) is 5.85. The molecule has 13 heteroatoms.